The van der Waals surface area contributed by atoms with Gasteiger partial charge in [-0.2, -0.15) is 5.10 Å². The summed E-state index contributed by atoms with van der Waals surface area (Å²) in [5, 5.41) is 7.51. The van der Waals surface area contributed by atoms with Crippen molar-refractivity contribution in [3.63, 3.8) is 0 Å². The summed E-state index contributed by atoms with van der Waals surface area (Å²) in [6, 6.07) is 15.7. The first-order chi connectivity index (χ1) is 15.8. The number of aromatic nitrogens is 2. The number of carbonyl (C=O) groups excluding carboxylic acids is 1. The maximum absolute atomic E-state index is 12.7. The largest absolute Gasteiger partial charge is 0.377 e. The molecule has 4 rings (SSSR count). The van der Waals surface area contributed by atoms with E-state index < -0.39 is 10.0 Å². The number of carbonyl (C=O) groups is 1. The molecule has 2 N–H and O–H groups in total. The molecule has 174 valence electrons. The molecule has 0 radical (unpaired) electrons. The molecular formula is C24H28N4O4S. The lowest BCUT2D eigenvalue weighted by Crippen LogP contribution is -2.31. The molecule has 2 aromatic carbocycles. The maximum atomic E-state index is 12.7. The molecule has 1 fully saturated rings. The van der Waals surface area contributed by atoms with Gasteiger partial charge in [-0.3, -0.25) is 4.79 Å². The molecule has 3 aromatic rings. The number of aryl methyl sites for hydroxylation is 1. The van der Waals surface area contributed by atoms with Gasteiger partial charge in [-0.25, -0.2) is 17.8 Å². The van der Waals surface area contributed by atoms with Gasteiger partial charge < -0.3 is 10.1 Å². The molecule has 8 nitrogen and oxygen atoms in total. The second-order valence-corrected chi connectivity index (χ2v) is 9.86. The Balaban J connectivity index is 1.39. The number of amides is 1. The minimum atomic E-state index is -3.65. The highest BCUT2D eigenvalue weighted by Crippen LogP contribution is 2.18. The minimum absolute atomic E-state index is 0.0806. The van der Waals surface area contributed by atoms with Gasteiger partial charge >= 0.3 is 0 Å². The van der Waals surface area contributed by atoms with Gasteiger partial charge in [-0.15, -0.1) is 0 Å². The zero-order chi connectivity index (χ0) is 23.4. The van der Waals surface area contributed by atoms with E-state index in [2.05, 4.69) is 15.1 Å². The molecule has 0 bridgehead atoms. The number of ether oxygens (including phenoxy) is 1. The van der Waals surface area contributed by atoms with E-state index in [-0.39, 0.29) is 23.5 Å². The van der Waals surface area contributed by atoms with Crippen LogP contribution in [0.4, 0.5) is 0 Å². The molecule has 1 aliphatic heterocycles. The topological polar surface area (TPSA) is 102 Å². The summed E-state index contributed by atoms with van der Waals surface area (Å²) in [5.74, 6) is -0.280. The molecule has 1 saturated heterocycles. The van der Waals surface area contributed by atoms with E-state index in [9.17, 15) is 13.2 Å². The standard InChI is InChI=1S/C24H28N4O4S/c1-17-23(18(2)28(27-17)20-7-4-3-5-8-20)16-25-24(29)19-10-12-22(13-11-19)33(30,31)26-15-21-9-6-14-32-21/h3-5,7-8,10-13,21,26H,6,9,14-16H2,1-2H3,(H,25,29). The van der Waals surface area contributed by atoms with E-state index in [1.165, 1.54) is 24.3 Å². The molecule has 1 aliphatic rings. The van der Waals surface area contributed by atoms with Crippen LogP contribution in [0.15, 0.2) is 59.5 Å². The quantitative estimate of drug-likeness (QED) is 0.529. The lowest BCUT2D eigenvalue weighted by atomic mass is 10.1. The monoisotopic (exact) mass is 468 g/mol. The van der Waals surface area contributed by atoms with Crippen LogP contribution in [0.5, 0.6) is 0 Å². The summed E-state index contributed by atoms with van der Waals surface area (Å²) in [6.45, 7) is 5.13. The maximum Gasteiger partial charge on any atom is 0.251 e. The van der Waals surface area contributed by atoms with Crippen molar-refractivity contribution >= 4 is 15.9 Å². The molecule has 1 unspecified atom stereocenters. The van der Waals surface area contributed by atoms with E-state index in [1.807, 2.05) is 48.9 Å². The van der Waals surface area contributed by atoms with E-state index in [0.29, 0.717) is 18.7 Å². The first-order valence-corrected chi connectivity index (χ1v) is 12.4. The Morgan fingerprint density at radius 1 is 1.12 bits per heavy atom. The van der Waals surface area contributed by atoms with Gasteiger partial charge in [-0.05, 0) is 63.1 Å². The van der Waals surface area contributed by atoms with Gasteiger partial charge in [0.15, 0.2) is 0 Å². The van der Waals surface area contributed by atoms with Gasteiger partial charge in [0, 0.05) is 36.5 Å². The molecule has 9 heteroatoms. The Morgan fingerprint density at radius 3 is 2.52 bits per heavy atom. The Kier molecular flexibility index (Phi) is 6.92. The summed E-state index contributed by atoms with van der Waals surface area (Å²) < 4.78 is 34.9. The SMILES string of the molecule is Cc1nn(-c2ccccc2)c(C)c1CNC(=O)c1ccc(S(=O)(=O)NCC2CCCO2)cc1. The van der Waals surface area contributed by atoms with Crippen molar-refractivity contribution in [2.24, 2.45) is 0 Å². The fourth-order valence-electron chi connectivity index (χ4n) is 3.90. The molecule has 2 heterocycles. The smallest absolute Gasteiger partial charge is 0.251 e. The fraction of sp³-hybridized carbons (Fsp3) is 0.333. The summed E-state index contributed by atoms with van der Waals surface area (Å²) >= 11 is 0. The summed E-state index contributed by atoms with van der Waals surface area (Å²) in [4.78, 5) is 12.8. The van der Waals surface area contributed by atoms with Crippen molar-refractivity contribution < 1.29 is 17.9 Å². The average Bonchev–Trinajstić information content (AvgIpc) is 3.45. The Morgan fingerprint density at radius 2 is 1.85 bits per heavy atom. The van der Waals surface area contributed by atoms with Crippen LogP contribution >= 0.6 is 0 Å². The molecule has 0 aliphatic carbocycles. The molecule has 1 amide bonds. The van der Waals surface area contributed by atoms with Crippen molar-refractivity contribution in [1.29, 1.82) is 0 Å². The lowest BCUT2D eigenvalue weighted by Gasteiger charge is -2.12. The Hall–Kier alpha value is -3.01. The number of benzene rings is 2. The Labute approximate surface area is 194 Å². The zero-order valence-electron chi connectivity index (χ0n) is 18.7. The number of hydrogen-bond donors (Lipinski definition) is 2. The van der Waals surface area contributed by atoms with Crippen molar-refractivity contribution in [2.75, 3.05) is 13.2 Å². The highest BCUT2D eigenvalue weighted by molar-refractivity contribution is 7.89. The van der Waals surface area contributed by atoms with Crippen LogP contribution in [0.1, 0.15) is 40.2 Å². The van der Waals surface area contributed by atoms with Gasteiger partial charge in [0.1, 0.15) is 0 Å². The predicted octanol–water partition coefficient (Wildman–Crippen LogP) is 2.88. The summed E-state index contributed by atoms with van der Waals surface area (Å²) in [6.07, 6.45) is 1.72. The van der Waals surface area contributed by atoms with Crippen LogP contribution < -0.4 is 10.0 Å². The van der Waals surface area contributed by atoms with Gasteiger partial charge in [0.05, 0.1) is 22.4 Å². The van der Waals surface area contributed by atoms with Crippen LogP contribution in [0, 0.1) is 13.8 Å². The number of nitrogens with one attached hydrogen (secondary N) is 2. The number of para-hydroxylation sites is 1. The van der Waals surface area contributed by atoms with Gasteiger partial charge in [-0.1, -0.05) is 18.2 Å². The predicted molar refractivity (Wildman–Crippen MR) is 125 cm³/mol. The third-order valence-electron chi connectivity index (χ3n) is 5.82. The van der Waals surface area contributed by atoms with Crippen molar-refractivity contribution in [3.05, 3.63) is 77.1 Å². The fourth-order valence-corrected chi connectivity index (χ4v) is 4.97. The van der Waals surface area contributed by atoms with Crippen LogP contribution in [-0.4, -0.2) is 43.4 Å². The number of nitrogens with zero attached hydrogens (tertiary/aromatic N) is 2. The second kappa shape index (κ2) is 9.86. The summed E-state index contributed by atoms with van der Waals surface area (Å²) in [5.41, 5.74) is 4.09. The first-order valence-electron chi connectivity index (χ1n) is 11.0. The van der Waals surface area contributed by atoms with Gasteiger partial charge in [0.25, 0.3) is 5.91 Å². The number of rotatable bonds is 8. The van der Waals surface area contributed by atoms with Crippen molar-refractivity contribution in [1.82, 2.24) is 19.8 Å². The molecule has 33 heavy (non-hydrogen) atoms. The third kappa shape index (κ3) is 5.32. The third-order valence-corrected chi connectivity index (χ3v) is 7.26. The van der Waals surface area contributed by atoms with E-state index >= 15 is 0 Å². The van der Waals surface area contributed by atoms with E-state index in [0.717, 1.165) is 35.5 Å². The molecule has 0 spiro atoms. The van der Waals surface area contributed by atoms with Gasteiger partial charge in [0.2, 0.25) is 10.0 Å². The Bertz CT molecular complexity index is 1220. The number of hydrogen-bond acceptors (Lipinski definition) is 5. The summed E-state index contributed by atoms with van der Waals surface area (Å²) in [7, 11) is -3.65. The second-order valence-electron chi connectivity index (χ2n) is 8.09. The van der Waals surface area contributed by atoms with E-state index in [1.54, 1.807) is 0 Å². The molecular weight excluding hydrogens is 440 g/mol. The van der Waals surface area contributed by atoms with Crippen LogP contribution in [0.25, 0.3) is 5.69 Å². The van der Waals surface area contributed by atoms with Crippen molar-refractivity contribution in [3.8, 4) is 5.69 Å². The van der Waals surface area contributed by atoms with Crippen LogP contribution in [0.3, 0.4) is 0 Å². The molecule has 1 atom stereocenters. The van der Waals surface area contributed by atoms with Crippen LogP contribution in [0.2, 0.25) is 0 Å². The lowest BCUT2D eigenvalue weighted by molar-refractivity contribution is 0.0950. The molecule has 1 aromatic heterocycles. The van der Waals surface area contributed by atoms with E-state index in [4.69, 9.17) is 4.74 Å². The normalized spacial score (nSPS) is 16.1. The zero-order valence-corrected chi connectivity index (χ0v) is 19.6. The highest BCUT2D eigenvalue weighted by Gasteiger charge is 2.21. The van der Waals surface area contributed by atoms with Crippen LogP contribution in [-0.2, 0) is 21.3 Å². The highest BCUT2D eigenvalue weighted by atomic mass is 32.2. The average molecular weight is 469 g/mol. The minimum Gasteiger partial charge on any atom is -0.377 e. The number of sulfonamides is 1. The molecule has 0 saturated carbocycles. The van der Waals surface area contributed by atoms with Crippen molar-refractivity contribution in [2.45, 2.75) is 44.2 Å². The first kappa shape index (κ1) is 23.2.